The Labute approximate surface area is 140 Å². The summed E-state index contributed by atoms with van der Waals surface area (Å²) >= 11 is 11.7. The van der Waals surface area contributed by atoms with Crippen LogP contribution in [0.25, 0.3) is 0 Å². The second-order valence-corrected chi connectivity index (χ2v) is 5.58. The van der Waals surface area contributed by atoms with Gasteiger partial charge in [0, 0.05) is 10.0 Å². The average Bonchev–Trinajstić information content (AvgIpc) is 2.52. The lowest BCUT2D eigenvalue weighted by molar-refractivity contribution is -0.119. The van der Waals surface area contributed by atoms with E-state index in [2.05, 4.69) is 11.8 Å². The second kappa shape index (κ2) is 7.19. The average molecular weight is 327 g/mol. The van der Waals surface area contributed by atoms with E-state index in [1.54, 1.807) is 48.5 Å². The number of carbonyl (C=O) groups is 1. The molecule has 0 aromatic heterocycles. The Bertz CT molecular complexity index is 681. The van der Waals surface area contributed by atoms with Crippen molar-refractivity contribution in [2.24, 2.45) is 0 Å². The molecular formula is C19H12Cl2O. The number of benzene rings is 2. The van der Waals surface area contributed by atoms with Crippen LogP contribution in [-0.4, -0.2) is 5.78 Å². The number of carbonyl (C=O) groups excluding carboxylic acids is 1. The first-order valence-corrected chi connectivity index (χ1v) is 7.29. The second-order valence-electron chi connectivity index (χ2n) is 4.70. The molecule has 0 saturated heterocycles. The largest absolute Gasteiger partial charge is 0.296 e. The zero-order valence-electron chi connectivity index (χ0n) is 11.6. The van der Waals surface area contributed by atoms with Crippen LogP contribution in [0.1, 0.15) is 23.0 Å². The Morgan fingerprint density at radius 3 is 1.36 bits per heavy atom. The van der Waals surface area contributed by atoms with Gasteiger partial charge in [0.2, 0.25) is 0 Å². The number of ketones is 1. The third-order valence-electron chi connectivity index (χ3n) is 3.31. The van der Waals surface area contributed by atoms with E-state index in [1.807, 2.05) is 0 Å². The van der Waals surface area contributed by atoms with E-state index in [-0.39, 0.29) is 5.78 Å². The van der Waals surface area contributed by atoms with Gasteiger partial charge in [0.1, 0.15) is 11.8 Å². The van der Waals surface area contributed by atoms with Crippen LogP contribution in [0.2, 0.25) is 10.0 Å². The van der Waals surface area contributed by atoms with E-state index in [0.717, 1.165) is 0 Å². The quantitative estimate of drug-likeness (QED) is 0.744. The third kappa shape index (κ3) is 3.52. The molecule has 0 heterocycles. The smallest absolute Gasteiger partial charge is 0.171 e. The highest BCUT2D eigenvalue weighted by Gasteiger charge is 2.26. The van der Waals surface area contributed by atoms with Crippen molar-refractivity contribution in [2.75, 3.05) is 0 Å². The minimum absolute atomic E-state index is 0.213. The molecule has 0 radical (unpaired) electrons. The Balaban J connectivity index is 2.34. The van der Waals surface area contributed by atoms with Crippen LogP contribution in [0, 0.1) is 24.7 Å². The highest BCUT2D eigenvalue weighted by molar-refractivity contribution is 6.30. The normalized spacial score (nSPS) is 12.7. The zero-order valence-corrected chi connectivity index (χ0v) is 13.1. The summed E-state index contributed by atoms with van der Waals surface area (Å²) in [7, 11) is 0. The number of terminal acetylenes is 2. The van der Waals surface area contributed by atoms with Crippen molar-refractivity contribution in [2.45, 2.75) is 11.8 Å². The van der Waals surface area contributed by atoms with Gasteiger partial charge in [-0.25, -0.2) is 0 Å². The molecule has 0 bridgehead atoms. The standard InChI is InChI=1S/C19H12Cl2O/c1-3-17(13-5-9-15(20)10-6-13)19(22)18(4-2)14-7-11-16(21)12-8-14/h1-2,5-12,17-18H. The monoisotopic (exact) mass is 326 g/mol. The van der Waals surface area contributed by atoms with E-state index in [9.17, 15) is 4.79 Å². The molecule has 0 spiro atoms. The van der Waals surface area contributed by atoms with Gasteiger partial charge in [-0.1, -0.05) is 59.3 Å². The van der Waals surface area contributed by atoms with Crippen LogP contribution >= 0.6 is 23.2 Å². The molecule has 2 aromatic rings. The Morgan fingerprint density at radius 1 is 0.773 bits per heavy atom. The molecule has 0 saturated carbocycles. The SMILES string of the molecule is C#CC(C(=O)C(C#C)c1ccc(Cl)cc1)c1ccc(Cl)cc1. The van der Waals surface area contributed by atoms with E-state index in [0.29, 0.717) is 21.2 Å². The van der Waals surface area contributed by atoms with Gasteiger partial charge in [-0.2, -0.15) is 0 Å². The van der Waals surface area contributed by atoms with E-state index in [4.69, 9.17) is 36.0 Å². The van der Waals surface area contributed by atoms with Crippen molar-refractivity contribution < 1.29 is 4.79 Å². The minimum atomic E-state index is -0.714. The van der Waals surface area contributed by atoms with Gasteiger partial charge >= 0.3 is 0 Å². The molecule has 108 valence electrons. The first-order valence-electron chi connectivity index (χ1n) is 6.53. The zero-order chi connectivity index (χ0) is 16.1. The fourth-order valence-electron chi connectivity index (χ4n) is 2.16. The predicted octanol–water partition coefficient (Wildman–Crippen LogP) is 4.70. The summed E-state index contributed by atoms with van der Waals surface area (Å²) in [4.78, 5) is 12.7. The van der Waals surface area contributed by atoms with Crippen LogP contribution in [-0.2, 0) is 4.79 Å². The molecule has 0 aliphatic carbocycles. The first-order chi connectivity index (χ1) is 10.6. The van der Waals surface area contributed by atoms with Crippen molar-refractivity contribution in [3.05, 3.63) is 69.7 Å². The minimum Gasteiger partial charge on any atom is -0.296 e. The van der Waals surface area contributed by atoms with E-state index < -0.39 is 11.8 Å². The fourth-order valence-corrected chi connectivity index (χ4v) is 2.41. The van der Waals surface area contributed by atoms with Crippen LogP contribution < -0.4 is 0 Å². The molecule has 2 unspecified atom stereocenters. The number of Topliss-reactive ketones (excluding diaryl/α,β-unsaturated/α-hetero) is 1. The number of hydrogen-bond acceptors (Lipinski definition) is 1. The fraction of sp³-hybridized carbons (Fsp3) is 0.105. The molecule has 0 aliphatic rings. The summed E-state index contributed by atoms with van der Waals surface area (Å²) in [5.74, 6) is 3.40. The van der Waals surface area contributed by atoms with Crippen LogP contribution in [0.5, 0.6) is 0 Å². The van der Waals surface area contributed by atoms with Gasteiger partial charge in [-0.15, -0.1) is 12.8 Å². The van der Waals surface area contributed by atoms with Crippen LogP contribution in [0.15, 0.2) is 48.5 Å². The summed E-state index contributed by atoms with van der Waals surface area (Å²) in [6, 6.07) is 13.7. The number of rotatable bonds is 4. The molecule has 22 heavy (non-hydrogen) atoms. The van der Waals surface area contributed by atoms with Gasteiger partial charge in [0.15, 0.2) is 5.78 Å². The van der Waals surface area contributed by atoms with E-state index >= 15 is 0 Å². The van der Waals surface area contributed by atoms with Gasteiger partial charge in [0.05, 0.1) is 0 Å². The molecule has 2 rings (SSSR count). The third-order valence-corrected chi connectivity index (χ3v) is 3.81. The summed E-state index contributed by atoms with van der Waals surface area (Å²) in [6.45, 7) is 0. The maximum atomic E-state index is 12.7. The lowest BCUT2D eigenvalue weighted by atomic mass is 9.84. The molecular weight excluding hydrogens is 315 g/mol. The van der Waals surface area contributed by atoms with Gasteiger partial charge in [0.25, 0.3) is 0 Å². The number of halogens is 2. The summed E-state index contributed by atoms with van der Waals surface area (Å²) < 4.78 is 0. The maximum Gasteiger partial charge on any atom is 0.171 e. The lowest BCUT2D eigenvalue weighted by Crippen LogP contribution is -2.18. The van der Waals surface area contributed by atoms with Crippen molar-refractivity contribution >= 4 is 29.0 Å². The topological polar surface area (TPSA) is 17.1 Å². The molecule has 2 atom stereocenters. The molecule has 2 aromatic carbocycles. The van der Waals surface area contributed by atoms with E-state index in [1.165, 1.54) is 0 Å². The van der Waals surface area contributed by atoms with Crippen molar-refractivity contribution in [3.8, 4) is 24.7 Å². The molecule has 0 amide bonds. The maximum absolute atomic E-state index is 12.7. The van der Waals surface area contributed by atoms with Crippen molar-refractivity contribution in [3.63, 3.8) is 0 Å². The Morgan fingerprint density at radius 2 is 1.09 bits per heavy atom. The molecule has 0 N–H and O–H groups in total. The van der Waals surface area contributed by atoms with Crippen molar-refractivity contribution in [1.82, 2.24) is 0 Å². The Hall–Kier alpha value is -2.19. The van der Waals surface area contributed by atoms with Crippen molar-refractivity contribution in [1.29, 1.82) is 0 Å². The summed E-state index contributed by atoms with van der Waals surface area (Å²) in [5.41, 5.74) is 1.40. The molecule has 0 aliphatic heterocycles. The molecule has 0 fully saturated rings. The predicted molar refractivity (Wildman–Crippen MR) is 91.1 cm³/mol. The Kier molecular flexibility index (Phi) is 5.29. The van der Waals surface area contributed by atoms with Gasteiger partial charge < -0.3 is 0 Å². The van der Waals surface area contributed by atoms with Crippen LogP contribution in [0.4, 0.5) is 0 Å². The molecule has 1 nitrogen and oxygen atoms in total. The molecule has 3 heteroatoms. The first kappa shape index (κ1) is 16.2. The van der Waals surface area contributed by atoms with Gasteiger partial charge in [-0.3, -0.25) is 4.79 Å². The van der Waals surface area contributed by atoms with Gasteiger partial charge in [-0.05, 0) is 35.4 Å². The lowest BCUT2D eigenvalue weighted by Gasteiger charge is -2.16. The summed E-state index contributed by atoms with van der Waals surface area (Å²) in [6.07, 6.45) is 11.1. The number of hydrogen-bond donors (Lipinski definition) is 0. The highest BCUT2D eigenvalue weighted by Crippen LogP contribution is 2.27. The highest BCUT2D eigenvalue weighted by atomic mass is 35.5. The van der Waals surface area contributed by atoms with Crippen LogP contribution in [0.3, 0.4) is 0 Å². The summed E-state index contributed by atoms with van der Waals surface area (Å²) in [5, 5.41) is 1.16.